The summed E-state index contributed by atoms with van der Waals surface area (Å²) in [6, 6.07) is 14.3. The first-order valence-electron chi connectivity index (χ1n) is 10.7. The number of esters is 1. The molecule has 1 aromatic carbocycles. The molecule has 0 aliphatic carbocycles. The van der Waals surface area contributed by atoms with Crippen LogP contribution in [0.2, 0.25) is 0 Å². The lowest BCUT2D eigenvalue weighted by Gasteiger charge is -2.34. The van der Waals surface area contributed by atoms with Crippen molar-refractivity contribution in [1.82, 2.24) is 14.9 Å². The number of nitrogens with one attached hydrogen (secondary N) is 1. The monoisotopic (exact) mass is 445 g/mol. The Balaban J connectivity index is 1.60. The molecule has 1 amide bonds. The maximum atomic E-state index is 13.4. The predicted molar refractivity (Wildman–Crippen MR) is 120 cm³/mol. The third-order valence-electron chi connectivity index (χ3n) is 5.85. The van der Waals surface area contributed by atoms with Crippen molar-refractivity contribution in [2.45, 2.75) is 26.0 Å². The molecule has 4 heterocycles. The van der Waals surface area contributed by atoms with Crippen molar-refractivity contribution < 1.29 is 23.5 Å². The lowest BCUT2D eigenvalue weighted by molar-refractivity contribution is -0.142. The topological polar surface area (TPSA) is 97.7 Å². The molecule has 1 unspecified atom stereocenters. The molecule has 1 aliphatic rings. The minimum absolute atomic E-state index is 0.0347. The molecule has 8 heteroatoms. The second-order valence-corrected chi connectivity index (χ2v) is 7.88. The van der Waals surface area contributed by atoms with Gasteiger partial charge in [-0.15, -0.1) is 0 Å². The zero-order chi connectivity index (χ0) is 22.9. The Morgan fingerprint density at radius 2 is 2.09 bits per heavy atom. The number of carbonyl (C=O) groups is 2. The van der Waals surface area contributed by atoms with Gasteiger partial charge >= 0.3 is 5.97 Å². The average molecular weight is 445 g/mol. The van der Waals surface area contributed by atoms with Crippen LogP contribution in [0, 0.1) is 0 Å². The molecule has 5 rings (SSSR count). The number of pyridine rings is 1. The van der Waals surface area contributed by atoms with Crippen LogP contribution in [0.3, 0.4) is 0 Å². The number of H-pyrrole nitrogens is 1. The second kappa shape index (κ2) is 8.46. The van der Waals surface area contributed by atoms with E-state index < -0.39 is 6.04 Å². The molecule has 0 fully saturated rings. The van der Waals surface area contributed by atoms with Gasteiger partial charge < -0.3 is 23.8 Å². The summed E-state index contributed by atoms with van der Waals surface area (Å²) >= 11 is 0. The van der Waals surface area contributed by atoms with E-state index in [1.807, 2.05) is 24.3 Å². The van der Waals surface area contributed by atoms with Crippen molar-refractivity contribution in [2.75, 3.05) is 13.7 Å². The molecule has 1 aliphatic heterocycles. The normalized spacial score (nSPS) is 15.3. The summed E-state index contributed by atoms with van der Waals surface area (Å²) in [6.45, 7) is 1.88. The molecular weight excluding hydrogens is 422 g/mol. The van der Waals surface area contributed by atoms with Crippen LogP contribution in [0.25, 0.3) is 10.9 Å². The standard InChI is InChI=1S/C25H23N3O5/c1-15(29)32-14-17-7-9-22(33-17)24-23-18(19-13-16(31-2)6-8-20(19)27-23)10-12-28(24)25(30)21-5-3-4-11-26-21/h3-9,11,13,24,27H,10,12,14H2,1-2H3. The summed E-state index contributed by atoms with van der Waals surface area (Å²) in [5.41, 5.74) is 3.35. The first-order valence-corrected chi connectivity index (χ1v) is 10.7. The molecule has 8 nitrogen and oxygen atoms in total. The van der Waals surface area contributed by atoms with Gasteiger partial charge in [0.1, 0.15) is 35.6 Å². The van der Waals surface area contributed by atoms with Gasteiger partial charge in [0.15, 0.2) is 0 Å². The van der Waals surface area contributed by atoms with Crippen molar-refractivity contribution in [1.29, 1.82) is 0 Å². The van der Waals surface area contributed by atoms with E-state index in [0.717, 1.165) is 27.9 Å². The number of hydrogen-bond acceptors (Lipinski definition) is 6. The van der Waals surface area contributed by atoms with Crippen LogP contribution in [0.15, 0.2) is 59.1 Å². The number of hydrogen-bond donors (Lipinski definition) is 1. The summed E-state index contributed by atoms with van der Waals surface area (Å²) in [5, 5.41) is 1.06. The third-order valence-corrected chi connectivity index (χ3v) is 5.85. The van der Waals surface area contributed by atoms with Crippen LogP contribution in [0.5, 0.6) is 5.75 Å². The van der Waals surface area contributed by atoms with E-state index in [2.05, 4.69) is 9.97 Å². The number of benzene rings is 1. The van der Waals surface area contributed by atoms with E-state index in [9.17, 15) is 9.59 Å². The van der Waals surface area contributed by atoms with E-state index in [4.69, 9.17) is 13.9 Å². The fraction of sp³-hybridized carbons (Fsp3) is 0.240. The molecule has 3 aromatic heterocycles. The first kappa shape index (κ1) is 20.8. The van der Waals surface area contributed by atoms with Crippen LogP contribution in [0.4, 0.5) is 0 Å². The molecule has 0 bridgehead atoms. The zero-order valence-electron chi connectivity index (χ0n) is 18.3. The van der Waals surface area contributed by atoms with Gasteiger partial charge in [0.2, 0.25) is 0 Å². The molecule has 4 aromatic rings. The van der Waals surface area contributed by atoms with Gasteiger partial charge in [-0.3, -0.25) is 14.6 Å². The van der Waals surface area contributed by atoms with Crippen molar-refractivity contribution in [3.05, 3.63) is 83.2 Å². The van der Waals surface area contributed by atoms with Crippen LogP contribution < -0.4 is 4.74 Å². The molecule has 0 saturated carbocycles. The molecule has 0 spiro atoms. The quantitative estimate of drug-likeness (QED) is 0.466. The molecule has 1 N–H and O–H groups in total. The summed E-state index contributed by atoms with van der Waals surface area (Å²) in [6.07, 6.45) is 2.29. The van der Waals surface area contributed by atoms with Crippen molar-refractivity contribution in [3.8, 4) is 5.75 Å². The highest BCUT2D eigenvalue weighted by molar-refractivity contribution is 5.94. The number of carbonyl (C=O) groups excluding carboxylic acids is 2. The summed E-state index contributed by atoms with van der Waals surface area (Å²) in [5.74, 6) is 1.30. The molecule has 33 heavy (non-hydrogen) atoms. The predicted octanol–water partition coefficient (Wildman–Crippen LogP) is 4.02. The van der Waals surface area contributed by atoms with Crippen LogP contribution in [0.1, 0.15) is 46.2 Å². The molecule has 0 radical (unpaired) electrons. The molecule has 0 saturated heterocycles. The van der Waals surface area contributed by atoms with Crippen molar-refractivity contribution in [3.63, 3.8) is 0 Å². The highest BCUT2D eigenvalue weighted by Gasteiger charge is 2.37. The molecule has 168 valence electrons. The van der Waals surface area contributed by atoms with E-state index in [1.54, 1.807) is 42.5 Å². The maximum absolute atomic E-state index is 13.4. The number of nitrogens with zero attached hydrogens (tertiary/aromatic N) is 2. The summed E-state index contributed by atoms with van der Waals surface area (Å²) < 4.78 is 16.5. The summed E-state index contributed by atoms with van der Waals surface area (Å²) in [4.78, 5) is 34.2. The fourth-order valence-electron chi connectivity index (χ4n) is 4.34. The Hall–Kier alpha value is -4.07. The number of aromatic amines is 1. The number of furan rings is 1. The number of aromatic nitrogens is 2. The van der Waals surface area contributed by atoms with E-state index in [1.165, 1.54) is 6.92 Å². The number of fused-ring (bicyclic) bond motifs is 3. The van der Waals surface area contributed by atoms with Gasteiger partial charge in [-0.05, 0) is 54.4 Å². The lowest BCUT2D eigenvalue weighted by atomic mass is 9.95. The number of ether oxygens (including phenoxy) is 2. The zero-order valence-corrected chi connectivity index (χ0v) is 18.3. The Labute approximate surface area is 190 Å². The largest absolute Gasteiger partial charge is 0.497 e. The van der Waals surface area contributed by atoms with Crippen molar-refractivity contribution >= 4 is 22.8 Å². The number of rotatable bonds is 5. The average Bonchev–Trinajstić information content (AvgIpc) is 3.46. The molecular formula is C25H23N3O5. The maximum Gasteiger partial charge on any atom is 0.303 e. The molecule has 1 atom stereocenters. The highest BCUT2D eigenvalue weighted by Crippen LogP contribution is 2.40. The minimum Gasteiger partial charge on any atom is -0.497 e. The van der Waals surface area contributed by atoms with Gasteiger partial charge in [-0.1, -0.05) is 6.07 Å². The Kier molecular flexibility index (Phi) is 5.34. The Morgan fingerprint density at radius 3 is 2.85 bits per heavy atom. The van der Waals surface area contributed by atoms with Crippen LogP contribution in [-0.4, -0.2) is 40.4 Å². The van der Waals surface area contributed by atoms with Gasteiger partial charge in [0, 0.05) is 30.6 Å². The Bertz CT molecular complexity index is 1320. The summed E-state index contributed by atoms with van der Waals surface area (Å²) in [7, 11) is 1.64. The number of amides is 1. The minimum atomic E-state index is -0.479. The van der Waals surface area contributed by atoms with E-state index in [-0.39, 0.29) is 18.5 Å². The van der Waals surface area contributed by atoms with Gasteiger partial charge in [0.25, 0.3) is 5.91 Å². The van der Waals surface area contributed by atoms with Crippen LogP contribution >= 0.6 is 0 Å². The number of methoxy groups -OCH3 is 1. The second-order valence-electron chi connectivity index (χ2n) is 7.88. The van der Waals surface area contributed by atoms with Gasteiger partial charge in [-0.25, -0.2) is 0 Å². The van der Waals surface area contributed by atoms with Crippen molar-refractivity contribution in [2.24, 2.45) is 0 Å². The smallest absolute Gasteiger partial charge is 0.303 e. The van der Waals surface area contributed by atoms with E-state index >= 15 is 0 Å². The Morgan fingerprint density at radius 1 is 1.21 bits per heavy atom. The lowest BCUT2D eigenvalue weighted by Crippen LogP contribution is -2.40. The van der Waals surface area contributed by atoms with Crippen LogP contribution in [-0.2, 0) is 22.6 Å². The highest BCUT2D eigenvalue weighted by atomic mass is 16.5. The third kappa shape index (κ3) is 3.84. The van der Waals surface area contributed by atoms with E-state index in [0.29, 0.717) is 30.2 Å². The first-order chi connectivity index (χ1) is 16.0. The van der Waals surface area contributed by atoms with Gasteiger partial charge in [-0.2, -0.15) is 0 Å². The SMILES string of the molecule is COc1ccc2[nH]c3c(c2c1)CCN(C(=O)c1ccccn1)C3c1ccc(COC(C)=O)o1. The van der Waals surface area contributed by atoms with Gasteiger partial charge in [0.05, 0.1) is 12.8 Å². The fourth-order valence-corrected chi connectivity index (χ4v) is 4.34.